The maximum Gasteiger partial charge on any atom is 0.257 e. The zero-order valence-electron chi connectivity index (χ0n) is 13.6. The highest BCUT2D eigenvalue weighted by Crippen LogP contribution is 2.24. The molecule has 0 aliphatic carbocycles. The average molecular weight is 316 g/mol. The fourth-order valence-corrected chi connectivity index (χ4v) is 1.94. The van der Waals surface area contributed by atoms with E-state index >= 15 is 0 Å². The third-order valence-corrected chi connectivity index (χ3v) is 3.15. The van der Waals surface area contributed by atoms with Gasteiger partial charge in [-0.25, -0.2) is 4.98 Å². The predicted molar refractivity (Wildman–Crippen MR) is 89.7 cm³/mol. The molecule has 2 rings (SSSR count). The summed E-state index contributed by atoms with van der Waals surface area (Å²) in [5, 5.41) is 13.1. The van der Waals surface area contributed by atoms with Crippen molar-refractivity contribution in [2.24, 2.45) is 0 Å². The average Bonchev–Trinajstić information content (AvgIpc) is 2.58. The zero-order valence-corrected chi connectivity index (χ0v) is 13.6. The first-order chi connectivity index (χ1) is 11.1. The lowest BCUT2D eigenvalue weighted by Gasteiger charge is -2.16. The lowest BCUT2D eigenvalue weighted by atomic mass is 10.2. The molecule has 124 valence electrons. The van der Waals surface area contributed by atoms with Gasteiger partial charge in [0, 0.05) is 18.8 Å². The molecule has 0 fully saturated rings. The van der Waals surface area contributed by atoms with Crippen LogP contribution in [0.2, 0.25) is 0 Å². The standard InChI is InChI=1S/C18H24N2O3/c1-14(2)20-11-16(21)13-23-18-17(9-6-10-19-18)22-12-15-7-4-3-5-8-15/h3-10,14,16,20-21H,11-13H2,1-2H3. The molecule has 0 spiro atoms. The van der Waals surface area contributed by atoms with Gasteiger partial charge in [-0.3, -0.25) is 0 Å². The summed E-state index contributed by atoms with van der Waals surface area (Å²) >= 11 is 0. The summed E-state index contributed by atoms with van der Waals surface area (Å²) in [4.78, 5) is 4.18. The highest BCUT2D eigenvalue weighted by molar-refractivity contribution is 5.32. The topological polar surface area (TPSA) is 63.6 Å². The fourth-order valence-electron chi connectivity index (χ4n) is 1.94. The smallest absolute Gasteiger partial charge is 0.257 e. The molecule has 1 heterocycles. The molecular formula is C18H24N2O3. The van der Waals surface area contributed by atoms with Crippen molar-refractivity contribution >= 4 is 0 Å². The molecule has 0 aliphatic rings. The van der Waals surface area contributed by atoms with Crippen LogP contribution in [0, 0.1) is 0 Å². The zero-order chi connectivity index (χ0) is 16.5. The first kappa shape index (κ1) is 17.2. The Hall–Kier alpha value is -2.11. The molecule has 0 amide bonds. The summed E-state index contributed by atoms with van der Waals surface area (Å²) in [6.07, 6.45) is 1.05. The molecule has 1 aromatic carbocycles. The number of aromatic nitrogens is 1. The van der Waals surface area contributed by atoms with E-state index < -0.39 is 6.10 Å². The van der Waals surface area contributed by atoms with Crippen LogP contribution in [0.15, 0.2) is 48.7 Å². The van der Waals surface area contributed by atoms with Crippen LogP contribution in [-0.2, 0) is 6.61 Å². The number of rotatable bonds is 9. The van der Waals surface area contributed by atoms with E-state index in [1.54, 1.807) is 12.3 Å². The second-order valence-electron chi connectivity index (χ2n) is 5.61. The van der Waals surface area contributed by atoms with Crippen molar-refractivity contribution in [3.05, 3.63) is 54.2 Å². The highest BCUT2D eigenvalue weighted by atomic mass is 16.5. The minimum atomic E-state index is -0.596. The second-order valence-corrected chi connectivity index (χ2v) is 5.61. The Labute approximate surface area is 137 Å². The number of benzene rings is 1. The van der Waals surface area contributed by atoms with E-state index in [4.69, 9.17) is 9.47 Å². The van der Waals surface area contributed by atoms with Crippen molar-refractivity contribution in [2.45, 2.75) is 32.6 Å². The Bertz CT molecular complexity index is 575. The van der Waals surface area contributed by atoms with E-state index in [9.17, 15) is 5.11 Å². The van der Waals surface area contributed by atoms with E-state index in [0.717, 1.165) is 5.56 Å². The Morgan fingerprint density at radius 1 is 1.09 bits per heavy atom. The van der Waals surface area contributed by atoms with Crippen molar-refractivity contribution in [1.29, 1.82) is 0 Å². The van der Waals surface area contributed by atoms with Crippen LogP contribution >= 0.6 is 0 Å². The van der Waals surface area contributed by atoms with Crippen molar-refractivity contribution in [3.63, 3.8) is 0 Å². The van der Waals surface area contributed by atoms with Crippen LogP contribution in [-0.4, -0.2) is 35.4 Å². The molecule has 2 aromatic rings. The minimum absolute atomic E-state index is 0.165. The molecule has 0 bridgehead atoms. The lowest BCUT2D eigenvalue weighted by molar-refractivity contribution is 0.0992. The summed E-state index contributed by atoms with van der Waals surface area (Å²) in [6, 6.07) is 13.8. The van der Waals surface area contributed by atoms with Crippen LogP contribution in [0.3, 0.4) is 0 Å². The summed E-state index contributed by atoms with van der Waals surface area (Å²) in [6.45, 7) is 5.15. The molecule has 23 heavy (non-hydrogen) atoms. The molecule has 0 saturated heterocycles. The van der Waals surface area contributed by atoms with E-state index in [2.05, 4.69) is 10.3 Å². The Morgan fingerprint density at radius 3 is 2.61 bits per heavy atom. The number of hydrogen-bond acceptors (Lipinski definition) is 5. The first-order valence-electron chi connectivity index (χ1n) is 7.81. The number of nitrogens with zero attached hydrogens (tertiary/aromatic N) is 1. The third-order valence-electron chi connectivity index (χ3n) is 3.15. The van der Waals surface area contributed by atoms with Gasteiger partial charge in [-0.05, 0) is 17.7 Å². The summed E-state index contributed by atoms with van der Waals surface area (Å²) in [7, 11) is 0. The van der Waals surface area contributed by atoms with Gasteiger partial charge in [-0.15, -0.1) is 0 Å². The minimum Gasteiger partial charge on any atom is -0.483 e. The largest absolute Gasteiger partial charge is 0.483 e. The fraction of sp³-hybridized carbons (Fsp3) is 0.389. The van der Waals surface area contributed by atoms with Crippen LogP contribution in [0.25, 0.3) is 0 Å². The molecule has 5 nitrogen and oxygen atoms in total. The SMILES string of the molecule is CC(C)NCC(O)COc1ncccc1OCc1ccccc1. The summed E-state index contributed by atoms with van der Waals surface area (Å²) in [5.74, 6) is 0.965. The van der Waals surface area contributed by atoms with Gasteiger partial charge in [0.15, 0.2) is 5.75 Å². The number of nitrogens with one attached hydrogen (secondary N) is 1. The molecule has 1 unspecified atom stereocenters. The van der Waals surface area contributed by atoms with Crippen molar-refractivity contribution in [3.8, 4) is 11.6 Å². The van der Waals surface area contributed by atoms with Crippen LogP contribution in [0.4, 0.5) is 0 Å². The van der Waals surface area contributed by atoms with Gasteiger partial charge in [0.2, 0.25) is 0 Å². The molecule has 1 aromatic heterocycles. The van der Waals surface area contributed by atoms with Crippen LogP contribution in [0.1, 0.15) is 19.4 Å². The third kappa shape index (κ3) is 6.26. The van der Waals surface area contributed by atoms with Gasteiger partial charge in [-0.2, -0.15) is 0 Å². The van der Waals surface area contributed by atoms with Crippen molar-refractivity contribution in [1.82, 2.24) is 10.3 Å². The monoisotopic (exact) mass is 316 g/mol. The quantitative estimate of drug-likeness (QED) is 0.744. The first-order valence-corrected chi connectivity index (χ1v) is 7.81. The molecular weight excluding hydrogens is 292 g/mol. The number of aliphatic hydroxyl groups excluding tert-OH is 1. The van der Waals surface area contributed by atoms with Gasteiger partial charge >= 0.3 is 0 Å². The molecule has 0 radical (unpaired) electrons. The van der Waals surface area contributed by atoms with Gasteiger partial charge in [-0.1, -0.05) is 44.2 Å². The number of ether oxygens (including phenoxy) is 2. The predicted octanol–water partition coefficient (Wildman–Crippen LogP) is 2.40. The Morgan fingerprint density at radius 2 is 1.87 bits per heavy atom. The number of pyridine rings is 1. The maximum atomic E-state index is 9.90. The van der Waals surface area contributed by atoms with Gasteiger partial charge < -0.3 is 19.9 Å². The van der Waals surface area contributed by atoms with Crippen LogP contribution < -0.4 is 14.8 Å². The van der Waals surface area contributed by atoms with E-state index in [0.29, 0.717) is 30.8 Å². The molecule has 0 aliphatic heterocycles. The van der Waals surface area contributed by atoms with E-state index in [1.165, 1.54) is 0 Å². The summed E-state index contributed by atoms with van der Waals surface area (Å²) < 4.78 is 11.4. The van der Waals surface area contributed by atoms with Gasteiger partial charge in [0.1, 0.15) is 19.3 Å². The van der Waals surface area contributed by atoms with Crippen molar-refractivity contribution < 1.29 is 14.6 Å². The normalized spacial score (nSPS) is 12.2. The number of aliphatic hydroxyl groups is 1. The van der Waals surface area contributed by atoms with Crippen LogP contribution in [0.5, 0.6) is 11.6 Å². The van der Waals surface area contributed by atoms with E-state index in [-0.39, 0.29) is 6.61 Å². The van der Waals surface area contributed by atoms with E-state index in [1.807, 2.05) is 50.2 Å². The lowest BCUT2D eigenvalue weighted by Crippen LogP contribution is -2.35. The Kier molecular flexibility index (Phi) is 6.84. The molecule has 2 N–H and O–H groups in total. The van der Waals surface area contributed by atoms with Crippen molar-refractivity contribution in [2.75, 3.05) is 13.2 Å². The Balaban J connectivity index is 1.87. The molecule has 0 saturated carbocycles. The van der Waals surface area contributed by atoms with Gasteiger partial charge in [0.05, 0.1) is 0 Å². The van der Waals surface area contributed by atoms with Gasteiger partial charge in [0.25, 0.3) is 5.88 Å². The highest BCUT2D eigenvalue weighted by Gasteiger charge is 2.10. The summed E-state index contributed by atoms with van der Waals surface area (Å²) in [5.41, 5.74) is 1.07. The second kappa shape index (κ2) is 9.12. The molecule has 5 heteroatoms. The maximum absolute atomic E-state index is 9.90. The molecule has 1 atom stereocenters. The number of hydrogen-bond donors (Lipinski definition) is 2.